The Balaban J connectivity index is 1.60. The van der Waals surface area contributed by atoms with E-state index in [0.717, 1.165) is 19.1 Å². The molecule has 2 aliphatic rings. The topological polar surface area (TPSA) is 98.7 Å². The van der Waals surface area contributed by atoms with Crippen molar-refractivity contribution in [2.24, 2.45) is 5.92 Å². The van der Waals surface area contributed by atoms with Crippen LogP contribution in [0, 0.1) is 5.92 Å². The summed E-state index contributed by atoms with van der Waals surface area (Å²) in [6.07, 6.45) is 5.09. The molecule has 1 amide bonds. The third kappa shape index (κ3) is 3.78. The second kappa shape index (κ2) is 6.04. The Labute approximate surface area is 134 Å². The van der Waals surface area contributed by atoms with Crippen LogP contribution in [0.5, 0.6) is 0 Å². The van der Waals surface area contributed by atoms with E-state index in [1.54, 1.807) is 18.3 Å². The van der Waals surface area contributed by atoms with E-state index in [1.807, 2.05) is 0 Å². The summed E-state index contributed by atoms with van der Waals surface area (Å²) in [5.74, 6) is 0.650. The summed E-state index contributed by atoms with van der Waals surface area (Å²) in [6, 6.07) is 3.44. The summed E-state index contributed by atoms with van der Waals surface area (Å²) >= 11 is 0. The minimum atomic E-state index is -3.41. The summed E-state index contributed by atoms with van der Waals surface area (Å²) in [5.41, 5.74) is -0.518. The molecular weight excluding hydrogens is 322 g/mol. The van der Waals surface area contributed by atoms with E-state index in [4.69, 9.17) is 8.92 Å². The molecule has 2 heterocycles. The second-order valence-corrected chi connectivity index (χ2v) is 7.79. The highest BCUT2D eigenvalue weighted by Gasteiger charge is 2.48. The van der Waals surface area contributed by atoms with Gasteiger partial charge in [-0.3, -0.25) is 9.08 Å². The van der Waals surface area contributed by atoms with Crippen molar-refractivity contribution in [2.45, 2.75) is 31.3 Å². The second-order valence-electron chi connectivity index (χ2n) is 6.15. The van der Waals surface area contributed by atoms with E-state index < -0.39 is 21.8 Å². The molecule has 0 unspecified atom stereocenters. The molecule has 3 rings (SSSR count). The molecule has 1 aliphatic carbocycles. The van der Waals surface area contributed by atoms with Crippen molar-refractivity contribution in [3.05, 3.63) is 18.3 Å². The van der Waals surface area contributed by atoms with Gasteiger partial charge >= 0.3 is 6.09 Å². The lowest BCUT2D eigenvalue weighted by atomic mass is 9.79. The van der Waals surface area contributed by atoms with E-state index in [9.17, 15) is 13.2 Å². The predicted octanol–water partition coefficient (Wildman–Crippen LogP) is 1.34. The normalized spacial score (nSPS) is 28.1. The van der Waals surface area contributed by atoms with Crippen LogP contribution in [0.2, 0.25) is 0 Å². The molecule has 1 saturated carbocycles. The number of nitrogens with zero attached hydrogens (tertiary/aromatic N) is 3. The minimum absolute atomic E-state index is 0.166. The first kappa shape index (κ1) is 16.1. The van der Waals surface area contributed by atoms with Gasteiger partial charge in [-0.05, 0) is 43.7 Å². The molecular formula is C14H19N3O5S. The van der Waals surface area contributed by atoms with Crippen molar-refractivity contribution in [1.82, 2.24) is 10.2 Å². The average molecular weight is 341 g/mol. The van der Waals surface area contributed by atoms with Gasteiger partial charge in [0, 0.05) is 6.20 Å². The Hall–Kier alpha value is -1.74. The number of carbonyl (C=O) groups excluding carboxylic acids is 1. The monoisotopic (exact) mass is 341 g/mol. The number of hydrogen-bond acceptors (Lipinski definition) is 7. The maximum Gasteiger partial charge on any atom is 0.416 e. The number of carbonyl (C=O) groups is 1. The summed E-state index contributed by atoms with van der Waals surface area (Å²) in [7, 11) is -3.41. The van der Waals surface area contributed by atoms with Gasteiger partial charge in [-0.25, -0.2) is 4.79 Å². The van der Waals surface area contributed by atoms with Gasteiger partial charge < -0.3 is 4.74 Å². The third-order valence-electron chi connectivity index (χ3n) is 4.34. The lowest BCUT2D eigenvalue weighted by molar-refractivity contribution is 0.00772. The van der Waals surface area contributed by atoms with E-state index in [2.05, 4.69) is 10.2 Å². The Kier molecular flexibility index (Phi) is 4.24. The molecule has 1 aromatic heterocycles. The number of aromatic nitrogens is 2. The molecule has 2 fully saturated rings. The van der Waals surface area contributed by atoms with Gasteiger partial charge in [0.2, 0.25) is 0 Å². The smallest absolute Gasteiger partial charge is 0.416 e. The van der Waals surface area contributed by atoms with E-state index in [1.165, 1.54) is 4.90 Å². The molecule has 1 spiro atoms. The molecule has 8 nitrogen and oxygen atoms in total. The zero-order chi connectivity index (χ0) is 16.5. The van der Waals surface area contributed by atoms with E-state index in [0.29, 0.717) is 25.2 Å². The summed E-state index contributed by atoms with van der Waals surface area (Å²) in [6.45, 7) is 0.640. The van der Waals surface area contributed by atoms with Crippen LogP contribution in [0.25, 0.3) is 0 Å². The summed E-state index contributed by atoms with van der Waals surface area (Å²) in [4.78, 5) is 13.6. The van der Waals surface area contributed by atoms with Gasteiger partial charge in [0.05, 0.1) is 19.4 Å². The van der Waals surface area contributed by atoms with Gasteiger partial charge in [-0.15, -0.1) is 5.10 Å². The zero-order valence-corrected chi connectivity index (χ0v) is 13.7. The van der Waals surface area contributed by atoms with E-state index in [-0.39, 0.29) is 12.5 Å². The van der Waals surface area contributed by atoms with Crippen LogP contribution in [0.1, 0.15) is 25.7 Å². The van der Waals surface area contributed by atoms with Gasteiger partial charge in [0.15, 0.2) is 5.82 Å². The molecule has 0 atom stereocenters. The lowest BCUT2D eigenvalue weighted by Crippen LogP contribution is -2.39. The molecule has 0 aromatic carbocycles. The fourth-order valence-electron chi connectivity index (χ4n) is 3.09. The number of ether oxygens (including phenoxy) is 1. The van der Waals surface area contributed by atoms with Crippen molar-refractivity contribution in [3.8, 4) is 0 Å². The highest BCUT2D eigenvalue weighted by molar-refractivity contribution is 7.85. The minimum Gasteiger partial charge on any atom is -0.441 e. The Morgan fingerprint density at radius 2 is 2.17 bits per heavy atom. The number of amides is 1. The fourth-order valence-corrected chi connectivity index (χ4v) is 3.53. The standard InChI is InChI=1S/C14H19N3O5S/c1-23(19,20)21-9-11-4-6-14(7-5-11)10-17(13(18)22-14)12-3-2-8-15-16-12/h2-3,8,11H,4-7,9-10H2,1H3. The zero-order valence-electron chi connectivity index (χ0n) is 12.8. The molecule has 1 aromatic rings. The maximum atomic E-state index is 12.1. The van der Waals surface area contributed by atoms with Crippen molar-refractivity contribution in [2.75, 3.05) is 24.3 Å². The predicted molar refractivity (Wildman–Crippen MR) is 81.3 cm³/mol. The first-order valence-corrected chi connectivity index (χ1v) is 9.31. The maximum absolute atomic E-state index is 12.1. The van der Waals surface area contributed by atoms with Gasteiger partial charge in [0.25, 0.3) is 10.1 Å². The fraction of sp³-hybridized carbons (Fsp3) is 0.643. The van der Waals surface area contributed by atoms with Crippen LogP contribution in [-0.2, 0) is 19.0 Å². The van der Waals surface area contributed by atoms with Crippen molar-refractivity contribution in [3.63, 3.8) is 0 Å². The first-order chi connectivity index (χ1) is 10.9. The largest absolute Gasteiger partial charge is 0.441 e. The van der Waals surface area contributed by atoms with Gasteiger partial charge in [-0.2, -0.15) is 13.5 Å². The van der Waals surface area contributed by atoms with Crippen molar-refractivity contribution >= 4 is 22.0 Å². The van der Waals surface area contributed by atoms with Gasteiger partial charge in [-0.1, -0.05) is 0 Å². The van der Waals surface area contributed by atoms with Crippen LogP contribution in [0.4, 0.5) is 10.6 Å². The molecule has 9 heteroatoms. The van der Waals surface area contributed by atoms with Crippen LogP contribution in [-0.4, -0.2) is 49.7 Å². The van der Waals surface area contributed by atoms with E-state index >= 15 is 0 Å². The SMILES string of the molecule is CS(=O)(=O)OCC1CCC2(CC1)CN(c1cccnn1)C(=O)O2. The molecule has 23 heavy (non-hydrogen) atoms. The highest BCUT2D eigenvalue weighted by atomic mass is 32.2. The van der Waals surface area contributed by atoms with Crippen LogP contribution < -0.4 is 4.90 Å². The van der Waals surface area contributed by atoms with Crippen LogP contribution >= 0.6 is 0 Å². The van der Waals surface area contributed by atoms with Crippen molar-refractivity contribution in [1.29, 1.82) is 0 Å². The number of rotatable bonds is 4. The highest BCUT2D eigenvalue weighted by Crippen LogP contribution is 2.40. The van der Waals surface area contributed by atoms with Gasteiger partial charge in [0.1, 0.15) is 5.60 Å². The molecule has 1 aliphatic heterocycles. The summed E-state index contributed by atoms with van der Waals surface area (Å²) < 4.78 is 32.6. The number of hydrogen-bond donors (Lipinski definition) is 0. The molecule has 0 N–H and O–H groups in total. The first-order valence-electron chi connectivity index (χ1n) is 7.50. The molecule has 1 saturated heterocycles. The Bertz CT molecular complexity index is 671. The third-order valence-corrected chi connectivity index (χ3v) is 4.90. The quantitative estimate of drug-likeness (QED) is 0.762. The Morgan fingerprint density at radius 3 is 2.78 bits per heavy atom. The number of anilines is 1. The molecule has 0 radical (unpaired) electrons. The van der Waals surface area contributed by atoms with Crippen LogP contribution in [0.3, 0.4) is 0 Å². The Morgan fingerprint density at radius 1 is 1.43 bits per heavy atom. The summed E-state index contributed by atoms with van der Waals surface area (Å²) in [5, 5.41) is 7.73. The average Bonchev–Trinajstić information content (AvgIpc) is 2.83. The van der Waals surface area contributed by atoms with Crippen LogP contribution in [0.15, 0.2) is 18.3 Å². The molecule has 126 valence electrons. The molecule has 0 bridgehead atoms. The van der Waals surface area contributed by atoms with Crippen molar-refractivity contribution < 1.29 is 22.1 Å². The lowest BCUT2D eigenvalue weighted by Gasteiger charge is -2.34.